The van der Waals surface area contributed by atoms with Crippen LogP contribution in [0.1, 0.15) is 19.8 Å². The number of rotatable bonds is 0. The molecule has 5 atom stereocenters. The van der Waals surface area contributed by atoms with Crippen LogP contribution < -0.4 is 0 Å². The number of halogens is 1. The first kappa shape index (κ1) is 5.01. The molecule has 4 fully saturated rings. The molecular weight excluding hydrogens is 132 g/mol. The number of hydrogen-bond donors (Lipinski definition) is 0. The quantitative estimate of drug-likeness (QED) is 0.456. The third kappa shape index (κ3) is 0.335. The molecule has 0 aliphatic heterocycles. The second-order valence-corrected chi connectivity index (χ2v) is 4.79. The van der Waals surface area contributed by atoms with Crippen LogP contribution in [0.4, 0.5) is 0 Å². The molecule has 0 nitrogen and oxygen atoms in total. The van der Waals surface area contributed by atoms with E-state index in [9.17, 15) is 0 Å². The van der Waals surface area contributed by atoms with E-state index in [1.165, 1.54) is 12.8 Å². The van der Waals surface area contributed by atoms with Crippen molar-refractivity contribution in [2.45, 2.75) is 25.1 Å². The van der Waals surface area contributed by atoms with Gasteiger partial charge in [-0.15, -0.1) is 11.6 Å². The molecule has 0 N–H and O–H groups in total. The minimum atomic E-state index is 0.569. The SMILES string of the molecule is CC12CC3CC1C2C3Cl. The lowest BCUT2D eigenvalue weighted by atomic mass is 10.1. The monoisotopic (exact) mass is 142 g/mol. The summed E-state index contributed by atoms with van der Waals surface area (Å²) in [6.07, 6.45) is 2.89. The highest BCUT2D eigenvalue weighted by Gasteiger charge is 2.75. The Morgan fingerprint density at radius 2 is 2.33 bits per heavy atom. The van der Waals surface area contributed by atoms with Crippen LogP contribution in [0.25, 0.3) is 0 Å². The summed E-state index contributed by atoms with van der Waals surface area (Å²) in [5, 5.41) is 0.569. The smallest absolute Gasteiger partial charge is 0.0400 e. The molecule has 4 saturated carbocycles. The molecule has 4 rings (SSSR count). The first-order valence-electron chi connectivity index (χ1n) is 3.87. The van der Waals surface area contributed by atoms with E-state index in [1.54, 1.807) is 0 Å². The summed E-state index contributed by atoms with van der Waals surface area (Å²) < 4.78 is 0. The van der Waals surface area contributed by atoms with Gasteiger partial charge in [0.25, 0.3) is 0 Å². The van der Waals surface area contributed by atoms with E-state index in [1.807, 2.05) is 0 Å². The Labute approximate surface area is 60.6 Å². The minimum Gasteiger partial charge on any atom is -0.122 e. The van der Waals surface area contributed by atoms with Gasteiger partial charge >= 0.3 is 0 Å². The third-order valence-corrected chi connectivity index (χ3v) is 4.61. The Hall–Kier alpha value is 0.290. The molecule has 0 aromatic carbocycles. The van der Waals surface area contributed by atoms with Crippen LogP contribution in [0, 0.1) is 23.2 Å². The van der Waals surface area contributed by atoms with Gasteiger partial charge in [0.15, 0.2) is 0 Å². The van der Waals surface area contributed by atoms with Crippen LogP contribution in [-0.2, 0) is 0 Å². The molecule has 4 aliphatic rings. The van der Waals surface area contributed by atoms with Gasteiger partial charge < -0.3 is 0 Å². The maximum Gasteiger partial charge on any atom is 0.0400 e. The maximum absolute atomic E-state index is 6.19. The Morgan fingerprint density at radius 3 is 2.44 bits per heavy atom. The van der Waals surface area contributed by atoms with Crippen molar-refractivity contribution in [1.29, 1.82) is 0 Å². The van der Waals surface area contributed by atoms with Gasteiger partial charge in [0, 0.05) is 5.38 Å². The van der Waals surface area contributed by atoms with Gasteiger partial charge in [-0.1, -0.05) is 6.92 Å². The van der Waals surface area contributed by atoms with Crippen molar-refractivity contribution < 1.29 is 0 Å². The largest absolute Gasteiger partial charge is 0.122 e. The lowest BCUT2D eigenvalue weighted by molar-refractivity contribution is 0.537. The molecule has 0 aromatic rings. The van der Waals surface area contributed by atoms with Crippen LogP contribution in [0.3, 0.4) is 0 Å². The van der Waals surface area contributed by atoms with Crippen LogP contribution >= 0.6 is 11.6 Å². The van der Waals surface area contributed by atoms with Gasteiger partial charge in [0.1, 0.15) is 0 Å². The number of hydrogen-bond acceptors (Lipinski definition) is 0. The molecule has 0 spiro atoms. The molecule has 4 aliphatic carbocycles. The Bertz CT molecular complexity index is 175. The molecular formula is C8H11Cl. The van der Waals surface area contributed by atoms with Crippen molar-refractivity contribution >= 4 is 11.6 Å². The van der Waals surface area contributed by atoms with Crippen molar-refractivity contribution in [3.63, 3.8) is 0 Å². The van der Waals surface area contributed by atoms with E-state index >= 15 is 0 Å². The highest BCUT2D eigenvalue weighted by molar-refractivity contribution is 6.21. The normalized spacial score (nSPS) is 75.3. The summed E-state index contributed by atoms with van der Waals surface area (Å²) >= 11 is 6.19. The second kappa shape index (κ2) is 1.07. The molecule has 0 aromatic heterocycles. The van der Waals surface area contributed by atoms with Gasteiger partial charge in [0.05, 0.1) is 0 Å². The molecule has 0 heterocycles. The average molecular weight is 143 g/mol. The Kier molecular flexibility index (Phi) is 0.596. The maximum atomic E-state index is 6.19. The molecule has 0 radical (unpaired) electrons. The average Bonchev–Trinajstić information content (AvgIpc) is 2.21. The highest BCUT2D eigenvalue weighted by Crippen LogP contribution is 2.79. The summed E-state index contributed by atoms with van der Waals surface area (Å²) in [6, 6.07) is 0. The second-order valence-electron chi connectivity index (χ2n) is 4.28. The zero-order valence-electron chi connectivity index (χ0n) is 5.60. The third-order valence-electron chi connectivity index (χ3n) is 3.99. The fourth-order valence-corrected chi connectivity index (χ4v) is 4.15. The molecule has 0 saturated heterocycles. The van der Waals surface area contributed by atoms with Crippen molar-refractivity contribution in [2.75, 3.05) is 0 Å². The van der Waals surface area contributed by atoms with Crippen molar-refractivity contribution in [1.82, 2.24) is 0 Å². The fourth-order valence-electron chi connectivity index (χ4n) is 3.50. The lowest BCUT2D eigenvalue weighted by Crippen LogP contribution is -2.01. The molecule has 1 heteroatoms. The highest BCUT2D eigenvalue weighted by atomic mass is 35.5. The zero-order chi connectivity index (χ0) is 6.22. The summed E-state index contributed by atoms with van der Waals surface area (Å²) in [6.45, 7) is 2.42. The first-order chi connectivity index (χ1) is 4.23. The topological polar surface area (TPSA) is 0 Å². The predicted octanol–water partition coefficient (Wildman–Crippen LogP) is 2.27. The predicted molar refractivity (Wildman–Crippen MR) is 37.5 cm³/mol. The summed E-state index contributed by atoms with van der Waals surface area (Å²) in [7, 11) is 0. The standard InChI is InChI=1S/C8H11Cl/c1-8-3-4-2-5(8)6(8)7(4)9/h4-7H,2-3H2,1H3. The lowest BCUT2D eigenvalue weighted by Gasteiger charge is -2.01. The zero-order valence-corrected chi connectivity index (χ0v) is 6.36. The molecule has 9 heavy (non-hydrogen) atoms. The van der Waals surface area contributed by atoms with E-state index in [0.29, 0.717) is 5.38 Å². The summed E-state index contributed by atoms with van der Waals surface area (Å²) in [5.74, 6) is 2.89. The van der Waals surface area contributed by atoms with Gasteiger partial charge in [-0.05, 0) is 36.0 Å². The van der Waals surface area contributed by atoms with Crippen molar-refractivity contribution in [3.05, 3.63) is 0 Å². The molecule has 5 unspecified atom stereocenters. The molecule has 50 valence electrons. The molecule has 0 amide bonds. The van der Waals surface area contributed by atoms with Crippen LogP contribution in [-0.4, -0.2) is 5.38 Å². The van der Waals surface area contributed by atoms with E-state index < -0.39 is 0 Å². The van der Waals surface area contributed by atoms with E-state index in [4.69, 9.17) is 11.6 Å². The van der Waals surface area contributed by atoms with Crippen LogP contribution in [0.15, 0.2) is 0 Å². The van der Waals surface area contributed by atoms with Crippen LogP contribution in [0.2, 0.25) is 0 Å². The van der Waals surface area contributed by atoms with Gasteiger partial charge in [-0.3, -0.25) is 0 Å². The van der Waals surface area contributed by atoms with E-state index in [-0.39, 0.29) is 0 Å². The molecule has 4 bridgehead atoms. The Balaban J connectivity index is 2.10. The summed E-state index contributed by atoms with van der Waals surface area (Å²) in [5.41, 5.74) is 0.733. The minimum absolute atomic E-state index is 0.569. The van der Waals surface area contributed by atoms with E-state index in [2.05, 4.69) is 6.92 Å². The van der Waals surface area contributed by atoms with Crippen molar-refractivity contribution in [3.8, 4) is 0 Å². The Morgan fingerprint density at radius 1 is 1.56 bits per heavy atom. The van der Waals surface area contributed by atoms with Gasteiger partial charge in [0.2, 0.25) is 0 Å². The number of alkyl halides is 1. The van der Waals surface area contributed by atoms with Gasteiger partial charge in [-0.2, -0.15) is 0 Å². The van der Waals surface area contributed by atoms with Crippen molar-refractivity contribution in [2.24, 2.45) is 23.2 Å². The van der Waals surface area contributed by atoms with Gasteiger partial charge in [-0.25, -0.2) is 0 Å². The van der Waals surface area contributed by atoms with Crippen LogP contribution in [0.5, 0.6) is 0 Å². The fraction of sp³-hybridized carbons (Fsp3) is 1.00. The first-order valence-corrected chi connectivity index (χ1v) is 4.31. The summed E-state index contributed by atoms with van der Waals surface area (Å²) in [4.78, 5) is 0. The van der Waals surface area contributed by atoms with E-state index in [0.717, 1.165) is 23.2 Å².